The molecule has 3 rings (SSSR count). The molecule has 23 heavy (non-hydrogen) atoms. The van der Waals surface area contributed by atoms with Crippen LogP contribution in [0.25, 0.3) is 5.69 Å². The highest BCUT2D eigenvalue weighted by Gasteiger charge is 2.16. The Balaban J connectivity index is 1.91. The fraction of sp³-hybridized carbons (Fsp3) is 0.167. The maximum absolute atomic E-state index is 14.0. The van der Waals surface area contributed by atoms with Crippen LogP contribution in [-0.4, -0.2) is 21.3 Å². The van der Waals surface area contributed by atoms with Crippen LogP contribution in [0.4, 0.5) is 4.39 Å². The molecule has 0 amide bonds. The number of carbonyl (C=O) groups is 1. The Morgan fingerprint density at radius 1 is 1.09 bits per heavy atom. The summed E-state index contributed by atoms with van der Waals surface area (Å²) in [6.45, 7) is 2.03. The van der Waals surface area contributed by atoms with Crippen molar-refractivity contribution in [3.63, 3.8) is 0 Å². The topological polar surface area (TPSA) is 47.8 Å². The third-order valence-electron chi connectivity index (χ3n) is 3.76. The molecule has 0 fully saturated rings. The van der Waals surface area contributed by atoms with E-state index in [0.717, 1.165) is 12.0 Å². The zero-order valence-electron chi connectivity index (χ0n) is 12.7. The van der Waals surface area contributed by atoms with Crippen LogP contribution >= 0.6 is 0 Å². The molecule has 0 aliphatic carbocycles. The predicted octanol–water partition coefficient (Wildman–Crippen LogP) is 3.31. The van der Waals surface area contributed by atoms with E-state index in [1.165, 1.54) is 16.3 Å². The number of carbonyl (C=O) groups excluding carboxylic acids is 1. The van der Waals surface area contributed by atoms with Gasteiger partial charge < -0.3 is 0 Å². The molecule has 0 saturated heterocycles. The second-order valence-corrected chi connectivity index (χ2v) is 5.39. The number of halogens is 1. The summed E-state index contributed by atoms with van der Waals surface area (Å²) in [5.41, 5.74) is 3.51. The van der Waals surface area contributed by atoms with Crippen LogP contribution in [0.2, 0.25) is 0 Å². The zero-order valence-corrected chi connectivity index (χ0v) is 12.7. The Bertz CT molecular complexity index is 825. The summed E-state index contributed by atoms with van der Waals surface area (Å²) in [4.78, 5) is 11.2. The molecular weight excluding hydrogens is 293 g/mol. The van der Waals surface area contributed by atoms with Gasteiger partial charge in [0.25, 0.3) is 0 Å². The van der Waals surface area contributed by atoms with Gasteiger partial charge in [-0.25, -0.2) is 9.07 Å². The molecule has 3 aromatic rings. The standard InChI is InChI=1S/C18H16FN3O/c1-13-6-8-14(9-7-13)10-11-18-16(12-23)20-21-22(18)17-5-3-2-4-15(17)19/h2-9,12H,10-11H2,1H3. The summed E-state index contributed by atoms with van der Waals surface area (Å²) in [6, 6.07) is 14.5. The summed E-state index contributed by atoms with van der Waals surface area (Å²) >= 11 is 0. The van der Waals surface area contributed by atoms with Gasteiger partial charge in [0.2, 0.25) is 0 Å². The normalized spacial score (nSPS) is 10.7. The number of rotatable bonds is 5. The Labute approximate surface area is 133 Å². The molecule has 0 unspecified atom stereocenters. The average molecular weight is 309 g/mol. The van der Waals surface area contributed by atoms with Crippen molar-refractivity contribution in [1.29, 1.82) is 0 Å². The van der Waals surface area contributed by atoms with Gasteiger partial charge in [0, 0.05) is 0 Å². The molecule has 2 aromatic carbocycles. The fourth-order valence-electron chi connectivity index (χ4n) is 2.47. The van der Waals surface area contributed by atoms with Crippen molar-refractivity contribution in [1.82, 2.24) is 15.0 Å². The molecule has 5 heteroatoms. The Morgan fingerprint density at radius 3 is 2.52 bits per heavy atom. The van der Waals surface area contributed by atoms with Gasteiger partial charge in [-0.3, -0.25) is 4.79 Å². The number of hydrogen-bond acceptors (Lipinski definition) is 3. The van der Waals surface area contributed by atoms with Crippen LogP contribution in [0, 0.1) is 12.7 Å². The van der Waals surface area contributed by atoms with E-state index >= 15 is 0 Å². The average Bonchev–Trinajstić information content (AvgIpc) is 2.97. The second-order valence-electron chi connectivity index (χ2n) is 5.39. The predicted molar refractivity (Wildman–Crippen MR) is 85.3 cm³/mol. The van der Waals surface area contributed by atoms with E-state index in [1.54, 1.807) is 18.2 Å². The molecule has 0 aliphatic rings. The smallest absolute Gasteiger partial charge is 0.172 e. The third kappa shape index (κ3) is 3.18. The summed E-state index contributed by atoms with van der Waals surface area (Å²) in [7, 11) is 0. The molecule has 0 saturated carbocycles. The molecule has 0 spiro atoms. The first-order valence-electron chi connectivity index (χ1n) is 7.39. The van der Waals surface area contributed by atoms with E-state index in [-0.39, 0.29) is 5.69 Å². The van der Waals surface area contributed by atoms with E-state index in [2.05, 4.69) is 10.3 Å². The van der Waals surface area contributed by atoms with E-state index < -0.39 is 5.82 Å². The lowest BCUT2D eigenvalue weighted by Gasteiger charge is -2.08. The first-order valence-corrected chi connectivity index (χ1v) is 7.39. The molecule has 0 aliphatic heterocycles. The maximum atomic E-state index is 14.0. The van der Waals surface area contributed by atoms with E-state index in [0.29, 0.717) is 24.1 Å². The van der Waals surface area contributed by atoms with Crippen molar-refractivity contribution in [2.75, 3.05) is 0 Å². The SMILES string of the molecule is Cc1ccc(CCc2c(C=O)nnn2-c2ccccc2F)cc1. The molecule has 0 N–H and O–H groups in total. The Kier molecular flexibility index (Phi) is 4.28. The maximum Gasteiger partial charge on any atom is 0.172 e. The number of benzene rings is 2. The first kappa shape index (κ1) is 15.1. The zero-order chi connectivity index (χ0) is 16.2. The van der Waals surface area contributed by atoms with Crippen molar-refractivity contribution < 1.29 is 9.18 Å². The number of nitrogens with zero attached hydrogens (tertiary/aromatic N) is 3. The van der Waals surface area contributed by atoms with Gasteiger partial charge in [0.05, 0.1) is 5.69 Å². The number of aldehydes is 1. The van der Waals surface area contributed by atoms with Crippen molar-refractivity contribution in [3.8, 4) is 5.69 Å². The molecule has 0 atom stereocenters. The van der Waals surface area contributed by atoms with Crippen molar-refractivity contribution >= 4 is 6.29 Å². The van der Waals surface area contributed by atoms with Gasteiger partial charge in [-0.2, -0.15) is 0 Å². The number of aryl methyl sites for hydroxylation is 2. The van der Waals surface area contributed by atoms with Crippen LogP contribution in [0.5, 0.6) is 0 Å². The van der Waals surface area contributed by atoms with Gasteiger partial charge in [-0.1, -0.05) is 47.2 Å². The Morgan fingerprint density at radius 2 is 1.83 bits per heavy atom. The van der Waals surface area contributed by atoms with Crippen LogP contribution in [0.15, 0.2) is 48.5 Å². The van der Waals surface area contributed by atoms with Crippen LogP contribution in [0.3, 0.4) is 0 Å². The monoisotopic (exact) mass is 309 g/mol. The first-order chi connectivity index (χ1) is 11.2. The molecule has 0 bridgehead atoms. The van der Waals surface area contributed by atoms with Gasteiger partial charge in [0.15, 0.2) is 6.29 Å². The molecule has 4 nitrogen and oxygen atoms in total. The van der Waals surface area contributed by atoms with Crippen LogP contribution in [-0.2, 0) is 12.8 Å². The minimum absolute atomic E-state index is 0.250. The van der Waals surface area contributed by atoms with Crippen LogP contribution < -0.4 is 0 Å². The number of aromatic nitrogens is 3. The minimum atomic E-state index is -0.397. The lowest BCUT2D eigenvalue weighted by Crippen LogP contribution is -2.07. The lowest BCUT2D eigenvalue weighted by molar-refractivity contribution is 0.111. The van der Waals surface area contributed by atoms with Gasteiger partial charge in [0.1, 0.15) is 17.2 Å². The highest BCUT2D eigenvalue weighted by molar-refractivity contribution is 5.73. The van der Waals surface area contributed by atoms with Gasteiger partial charge >= 0.3 is 0 Å². The molecule has 116 valence electrons. The van der Waals surface area contributed by atoms with Gasteiger partial charge in [-0.05, 0) is 37.5 Å². The summed E-state index contributed by atoms with van der Waals surface area (Å²) < 4.78 is 15.4. The van der Waals surface area contributed by atoms with Crippen LogP contribution in [0.1, 0.15) is 27.3 Å². The quantitative estimate of drug-likeness (QED) is 0.679. The molecular formula is C18H16FN3O. The van der Waals surface area contributed by atoms with Gasteiger partial charge in [-0.15, -0.1) is 5.10 Å². The summed E-state index contributed by atoms with van der Waals surface area (Å²) in [5.74, 6) is -0.397. The van der Waals surface area contributed by atoms with E-state index in [4.69, 9.17) is 0 Å². The Hall–Kier alpha value is -2.82. The molecule has 0 radical (unpaired) electrons. The van der Waals surface area contributed by atoms with Crippen molar-refractivity contribution in [2.24, 2.45) is 0 Å². The number of para-hydroxylation sites is 1. The second kappa shape index (κ2) is 6.52. The summed E-state index contributed by atoms with van der Waals surface area (Å²) in [5, 5.41) is 7.80. The summed E-state index contributed by atoms with van der Waals surface area (Å²) in [6.07, 6.45) is 1.94. The number of hydrogen-bond donors (Lipinski definition) is 0. The highest BCUT2D eigenvalue weighted by Crippen LogP contribution is 2.17. The lowest BCUT2D eigenvalue weighted by atomic mass is 10.1. The van der Waals surface area contributed by atoms with E-state index in [1.807, 2.05) is 31.2 Å². The fourth-order valence-corrected chi connectivity index (χ4v) is 2.47. The van der Waals surface area contributed by atoms with E-state index in [9.17, 15) is 9.18 Å². The largest absolute Gasteiger partial charge is 0.296 e. The third-order valence-corrected chi connectivity index (χ3v) is 3.76. The molecule has 1 heterocycles. The molecule has 1 aromatic heterocycles. The highest BCUT2D eigenvalue weighted by atomic mass is 19.1. The minimum Gasteiger partial charge on any atom is -0.296 e. The van der Waals surface area contributed by atoms with Crippen molar-refractivity contribution in [2.45, 2.75) is 19.8 Å². The van der Waals surface area contributed by atoms with Crippen molar-refractivity contribution in [3.05, 3.63) is 76.9 Å².